The van der Waals surface area contributed by atoms with E-state index in [4.69, 9.17) is 23.2 Å². The van der Waals surface area contributed by atoms with Crippen LogP contribution in [0.4, 0.5) is 11.4 Å². The molecule has 0 saturated heterocycles. The summed E-state index contributed by atoms with van der Waals surface area (Å²) in [7, 11) is 0. The van der Waals surface area contributed by atoms with Gasteiger partial charge in [0.1, 0.15) is 5.78 Å². The van der Waals surface area contributed by atoms with Crippen LogP contribution in [0.3, 0.4) is 0 Å². The molecule has 0 spiro atoms. The number of nitrogens with one attached hydrogen (secondary N) is 1. The lowest BCUT2D eigenvalue weighted by Crippen LogP contribution is -2.27. The maximum atomic E-state index is 12.6. The number of amides is 1. The predicted octanol–water partition coefficient (Wildman–Crippen LogP) is 5.00. The second kappa shape index (κ2) is 14.9. The van der Waals surface area contributed by atoms with Crippen molar-refractivity contribution < 1.29 is 9.59 Å². The Bertz CT molecular complexity index is 864. The van der Waals surface area contributed by atoms with E-state index < -0.39 is 0 Å². The average Bonchev–Trinajstić information content (AvgIpc) is 2.80. The molecule has 0 aliphatic rings. The van der Waals surface area contributed by atoms with Gasteiger partial charge >= 0.3 is 0 Å². The van der Waals surface area contributed by atoms with Crippen LogP contribution in [0, 0.1) is 0 Å². The number of ketones is 1. The van der Waals surface area contributed by atoms with Crippen LogP contribution in [0.25, 0.3) is 0 Å². The van der Waals surface area contributed by atoms with Crippen molar-refractivity contribution in [3.63, 3.8) is 0 Å². The monoisotopic (exact) mass is 491 g/mol. The summed E-state index contributed by atoms with van der Waals surface area (Å²) in [5, 5.41) is 2.95. The second-order valence-electron chi connectivity index (χ2n) is 7.95. The van der Waals surface area contributed by atoms with E-state index in [9.17, 15) is 9.59 Å². The molecule has 5 nitrogen and oxygen atoms in total. The first-order chi connectivity index (χ1) is 16.0. The molecule has 7 heteroatoms. The highest BCUT2D eigenvalue weighted by Crippen LogP contribution is 2.17. The van der Waals surface area contributed by atoms with Crippen molar-refractivity contribution in [1.29, 1.82) is 0 Å². The van der Waals surface area contributed by atoms with Crippen LogP contribution in [0.5, 0.6) is 0 Å². The van der Waals surface area contributed by atoms with Gasteiger partial charge in [-0.2, -0.15) is 0 Å². The molecule has 0 bridgehead atoms. The number of benzene rings is 2. The summed E-state index contributed by atoms with van der Waals surface area (Å²) in [5.74, 6) is 1.18. The van der Waals surface area contributed by atoms with Crippen molar-refractivity contribution in [3.05, 3.63) is 59.7 Å². The van der Waals surface area contributed by atoms with Crippen LogP contribution in [-0.2, 0) is 22.4 Å². The van der Waals surface area contributed by atoms with Gasteiger partial charge in [0, 0.05) is 55.6 Å². The molecule has 0 fully saturated rings. The third-order valence-corrected chi connectivity index (χ3v) is 5.93. The number of anilines is 2. The lowest BCUT2D eigenvalue weighted by molar-refractivity contribution is -0.118. The Morgan fingerprint density at radius 3 is 2.12 bits per heavy atom. The largest absolute Gasteiger partial charge is 0.369 e. The molecule has 0 aliphatic heterocycles. The summed E-state index contributed by atoms with van der Waals surface area (Å²) in [6.07, 6.45) is 1.20. The van der Waals surface area contributed by atoms with E-state index in [1.807, 2.05) is 48.5 Å². The van der Waals surface area contributed by atoms with Crippen molar-refractivity contribution in [2.45, 2.75) is 33.1 Å². The minimum Gasteiger partial charge on any atom is -0.369 e. The lowest BCUT2D eigenvalue weighted by atomic mass is 10.1. The molecular formula is C26H35Cl2N3O2. The van der Waals surface area contributed by atoms with E-state index in [2.05, 4.69) is 29.0 Å². The lowest BCUT2D eigenvalue weighted by Gasteiger charge is -2.23. The number of nitrogens with zero attached hydrogens (tertiary/aromatic N) is 2. The van der Waals surface area contributed by atoms with Crippen molar-refractivity contribution in [2.24, 2.45) is 0 Å². The first-order valence-corrected chi connectivity index (χ1v) is 12.6. The molecule has 1 N–H and O–H groups in total. The van der Waals surface area contributed by atoms with Gasteiger partial charge in [0.25, 0.3) is 0 Å². The number of halogens is 2. The van der Waals surface area contributed by atoms with Crippen LogP contribution in [-0.4, -0.2) is 61.1 Å². The first-order valence-electron chi connectivity index (χ1n) is 11.6. The van der Waals surface area contributed by atoms with Gasteiger partial charge < -0.3 is 15.1 Å². The van der Waals surface area contributed by atoms with Crippen molar-refractivity contribution in [2.75, 3.05) is 54.7 Å². The smallest absolute Gasteiger partial charge is 0.228 e. The summed E-state index contributed by atoms with van der Waals surface area (Å²) in [6, 6.07) is 15.4. The van der Waals surface area contributed by atoms with Gasteiger partial charge in [-0.15, -0.1) is 23.2 Å². The fourth-order valence-electron chi connectivity index (χ4n) is 3.69. The highest BCUT2D eigenvalue weighted by atomic mass is 35.5. The van der Waals surface area contributed by atoms with Gasteiger partial charge in [0.2, 0.25) is 5.91 Å². The van der Waals surface area contributed by atoms with E-state index >= 15 is 0 Å². The summed E-state index contributed by atoms with van der Waals surface area (Å²) in [5.41, 5.74) is 3.59. The van der Waals surface area contributed by atoms with Gasteiger partial charge in [0.05, 0.1) is 6.42 Å². The number of carbonyl (C=O) groups is 2. The zero-order valence-electron chi connectivity index (χ0n) is 19.7. The minimum atomic E-state index is -0.0915. The summed E-state index contributed by atoms with van der Waals surface area (Å²) >= 11 is 11.8. The van der Waals surface area contributed by atoms with Gasteiger partial charge in [-0.1, -0.05) is 38.1 Å². The Morgan fingerprint density at radius 2 is 1.52 bits per heavy atom. The molecule has 2 aromatic carbocycles. The molecule has 33 heavy (non-hydrogen) atoms. The molecule has 2 aromatic rings. The Morgan fingerprint density at radius 1 is 0.848 bits per heavy atom. The molecule has 0 atom stereocenters. The predicted molar refractivity (Wildman–Crippen MR) is 140 cm³/mol. The Balaban J connectivity index is 1.89. The van der Waals surface area contributed by atoms with E-state index in [0.29, 0.717) is 30.3 Å². The summed E-state index contributed by atoms with van der Waals surface area (Å²) in [6.45, 7) is 8.35. The normalized spacial score (nSPS) is 10.9. The van der Waals surface area contributed by atoms with Gasteiger partial charge in [-0.25, -0.2) is 0 Å². The van der Waals surface area contributed by atoms with Crippen molar-refractivity contribution >= 4 is 46.3 Å². The number of hydrogen-bond acceptors (Lipinski definition) is 4. The van der Waals surface area contributed by atoms with Crippen LogP contribution in [0.15, 0.2) is 48.5 Å². The molecule has 0 radical (unpaired) electrons. The second-order valence-corrected chi connectivity index (χ2v) is 8.71. The Hall–Kier alpha value is -2.08. The Kier molecular flexibility index (Phi) is 12.3. The molecule has 0 aromatic heterocycles. The van der Waals surface area contributed by atoms with E-state index in [1.54, 1.807) is 0 Å². The third kappa shape index (κ3) is 9.75. The zero-order valence-corrected chi connectivity index (χ0v) is 21.2. The maximum absolute atomic E-state index is 12.6. The van der Waals surface area contributed by atoms with Gasteiger partial charge in [0.15, 0.2) is 0 Å². The maximum Gasteiger partial charge on any atom is 0.228 e. The molecule has 0 saturated carbocycles. The summed E-state index contributed by atoms with van der Waals surface area (Å²) < 4.78 is 0. The molecule has 180 valence electrons. The fraction of sp³-hybridized carbons (Fsp3) is 0.462. The van der Waals surface area contributed by atoms with Crippen LogP contribution >= 0.6 is 23.2 Å². The Labute approximate surface area is 208 Å². The topological polar surface area (TPSA) is 52.7 Å². The van der Waals surface area contributed by atoms with E-state index in [0.717, 1.165) is 49.5 Å². The molecule has 0 heterocycles. The van der Waals surface area contributed by atoms with Crippen LogP contribution in [0.1, 0.15) is 31.4 Å². The first kappa shape index (κ1) is 27.2. The minimum absolute atomic E-state index is 0.0915. The number of Topliss-reactive ketones (excluding diaryl/α,β-unsaturated/α-hetero) is 1. The van der Waals surface area contributed by atoms with Crippen LogP contribution in [0.2, 0.25) is 0 Å². The average molecular weight is 492 g/mol. The van der Waals surface area contributed by atoms with Crippen molar-refractivity contribution in [3.8, 4) is 0 Å². The highest BCUT2D eigenvalue weighted by molar-refractivity contribution is 6.18. The fourth-order valence-corrected chi connectivity index (χ4v) is 4.10. The summed E-state index contributed by atoms with van der Waals surface area (Å²) in [4.78, 5) is 29.3. The standard InChI is InChI=1S/C26H35Cl2N3O2/c1-3-30(4-2)15-12-25(32)19-22-6-5-7-23(18-22)29-26(33)20-21-8-10-24(11-9-21)31(16-13-27)17-14-28/h5-11,18H,3-4,12-17,19-20H2,1-2H3,(H,29,33). The van der Waals surface area contributed by atoms with E-state index in [1.165, 1.54) is 0 Å². The quantitative estimate of drug-likeness (QED) is 0.356. The molecule has 1 amide bonds. The molecule has 0 unspecified atom stereocenters. The number of alkyl halides is 2. The van der Waals surface area contributed by atoms with Gasteiger partial charge in [-0.05, 0) is 48.5 Å². The number of hydrogen-bond donors (Lipinski definition) is 1. The molecule has 0 aliphatic carbocycles. The molecule has 2 rings (SSSR count). The van der Waals surface area contributed by atoms with E-state index in [-0.39, 0.29) is 18.1 Å². The highest BCUT2D eigenvalue weighted by Gasteiger charge is 2.10. The number of rotatable bonds is 15. The van der Waals surface area contributed by atoms with Gasteiger partial charge in [-0.3, -0.25) is 9.59 Å². The van der Waals surface area contributed by atoms with Crippen molar-refractivity contribution in [1.82, 2.24) is 4.90 Å². The molecular weight excluding hydrogens is 457 g/mol. The third-order valence-electron chi connectivity index (χ3n) is 5.59. The zero-order chi connectivity index (χ0) is 24.1. The SMILES string of the molecule is CCN(CC)CCC(=O)Cc1cccc(NC(=O)Cc2ccc(N(CCCl)CCCl)cc2)c1. The number of carbonyl (C=O) groups excluding carboxylic acids is 2. The van der Waals surface area contributed by atoms with Crippen LogP contribution < -0.4 is 10.2 Å².